The lowest BCUT2D eigenvalue weighted by Gasteiger charge is -2.25. The molecule has 1 aromatic heterocycles. The fourth-order valence-electron chi connectivity index (χ4n) is 3.26. The lowest BCUT2D eigenvalue weighted by atomic mass is 9.81. The Morgan fingerprint density at radius 3 is 2.19 bits per heavy atom. The van der Waals surface area contributed by atoms with Crippen molar-refractivity contribution in [2.75, 3.05) is 5.32 Å². The molecule has 0 unspecified atom stereocenters. The molecule has 0 saturated heterocycles. The lowest BCUT2D eigenvalue weighted by molar-refractivity contribution is -0.144. The average Bonchev–Trinajstić information content (AvgIpc) is 3.12. The number of hydrogen-bond acceptors (Lipinski definition) is 3. The summed E-state index contributed by atoms with van der Waals surface area (Å²) in [6.45, 7) is 0. The van der Waals surface area contributed by atoms with Gasteiger partial charge in [-0.25, -0.2) is 4.68 Å². The van der Waals surface area contributed by atoms with Crippen LogP contribution in [0, 0.1) is 11.8 Å². The first kappa shape index (κ1) is 18.9. The Kier molecular flexibility index (Phi) is 5.20. The van der Waals surface area contributed by atoms with E-state index in [2.05, 4.69) is 10.4 Å². The number of carbonyl (C=O) groups excluding carboxylic acids is 1. The molecular formula is C18H18F3N3O3. The molecule has 2 aromatic rings. The molecule has 1 saturated carbocycles. The number of carboxylic acid groups (broad SMARTS) is 1. The van der Waals surface area contributed by atoms with Crippen LogP contribution in [0.1, 0.15) is 31.4 Å². The molecule has 144 valence electrons. The van der Waals surface area contributed by atoms with Crippen LogP contribution in [0.5, 0.6) is 0 Å². The molecule has 0 atom stereocenters. The Labute approximate surface area is 153 Å². The van der Waals surface area contributed by atoms with Crippen LogP contribution < -0.4 is 5.32 Å². The molecule has 2 N–H and O–H groups in total. The topological polar surface area (TPSA) is 84.2 Å². The second-order valence-corrected chi connectivity index (χ2v) is 6.55. The lowest BCUT2D eigenvalue weighted by Crippen LogP contribution is -2.29. The van der Waals surface area contributed by atoms with E-state index in [4.69, 9.17) is 5.11 Å². The maximum atomic E-state index is 12.9. The number of hydrogen-bond donors (Lipinski definition) is 2. The summed E-state index contributed by atoms with van der Waals surface area (Å²) in [5.74, 6) is -1.70. The Hall–Kier alpha value is -2.84. The molecule has 3 rings (SSSR count). The van der Waals surface area contributed by atoms with E-state index in [0.29, 0.717) is 31.4 Å². The molecule has 0 bridgehead atoms. The van der Waals surface area contributed by atoms with E-state index in [1.54, 1.807) is 0 Å². The quantitative estimate of drug-likeness (QED) is 0.845. The summed E-state index contributed by atoms with van der Waals surface area (Å²) in [5.41, 5.74) is -0.188. The van der Waals surface area contributed by atoms with Gasteiger partial charge in [-0.15, -0.1) is 0 Å². The number of carboxylic acids is 1. The minimum Gasteiger partial charge on any atom is -0.481 e. The molecule has 0 spiro atoms. The van der Waals surface area contributed by atoms with Gasteiger partial charge in [0.05, 0.1) is 17.8 Å². The normalized spacial score (nSPS) is 20.3. The van der Waals surface area contributed by atoms with Crippen LogP contribution >= 0.6 is 0 Å². The number of carbonyl (C=O) groups is 2. The number of nitrogens with zero attached hydrogens (tertiary/aromatic N) is 2. The maximum Gasteiger partial charge on any atom is 0.433 e. The highest BCUT2D eigenvalue weighted by atomic mass is 19.4. The summed E-state index contributed by atoms with van der Waals surface area (Å²) >= 11 is 0. The monoisotopic (exact) mass is 381 g/mol. The number of anilines is 1. The van der Waals surface area contributed by atoms with Crippen LogP contribution in [0.4, 0.5) is 18.9 Å². The number of amides is 1. The Morgan fingerprint density at radius 1 is 1.04 bits per heavy atom. The SMILES string of the molecule is O=C(O)C1CCC(C(=O)Nc2ccc(-n3nccc3C(F)(F)F)cc2)CC1. The van der Waals surface area contributed by atoms with Gasteiger partial charge in [-0.3, -0.25) is 9.59 Å². The highest BCUT2D eigenvalue weighted by Gasteiger charge is 2.35. The van der Waals surface area contributed by atoms with Gasteiger partial charge in [-0.2, -0.15) is 18.3 Å². The summed E-state index contributed by atoms with van der Waals surface area (Å²) in [6.07, 6.45) is -1.51. The fourth-order valence-corrected chi connectivity index (χ4v) is 3.26. The number of rotatable bonds is 4. The summed E-state index contributed by atoms with van der Waals surface area (Å²) in [4.78, 5) is 23.3. The van der Waals surface area contributed by atoms with E-state index in [9.17, 15) is 22.8 Å². The van der Waals surface area contributed by atoms with Crippen molar-refractivity contribution in [3.63, 3.8) is 0 Å². The fraction of sp³-hybridized carbons (Fsp3) is 0.389. The highest BCUT2D eigenvalue weighted by Crippen LogP contribution is 2.31. The van der Waals surface area contributed by atoms with E-state index >= 15 is 0 Å². The van der Waals surface area contributed by atoms with Gasteiger partial charge >= 0.3 is 12.1 Å². The summed E-state index contributed by atoms with van der Waals surface area (Å²) in [6, 6.07) is 6.80. The van der Waals surface area contributed by atoms with Crippen molar-refractivity contribution in [3.05, 3.63) is 42.2 Å². The van der Waals surface area contributed by atoms with Gasteiger partial charge in [-0.05, 0) is 56.0 Å². The van der Waals surface area contributed by atoms with Crippen LogP contribution in [-0.4, -0.2) is 26.8 Å². The Morgan fingerprint density at radius 2 is 1.63 bits per heavy atom. The molecule has 1 heterocycles. The van der Waals surface area contributed by atoms with E-state index in [0.717, 1.165) is 16.9 Å². The van der Waals surface area contributed by atoms with E-state index in [-0.39, 0.29) is 17.5 Å². The first-order valence-electron chi connectivity index (χ1n) is 8.51. The van der Waals surface area contributed by atoms with Crippen molar-refractivity contribution in [2.24, 2.45) is 11.8 Å². The van der Waals surface area contributed by atoms with Crippen molar-refractivity contribution < 1.29 is 27.9 Å². The second-order valence-electron chi connectivity index (χ2n) is 6.55. The third-order valence-corrected chi connectivity index (χ3v) is 4.76. The average molecular weight is 381 g/mol. The third-order valence-electron chi connectivity index (χ3n) is 4.76. The predicted octanol–water partition coefficient (Wildman–Crippen LogP) is 3.72. The molecule has 1 aromatic carbocycles. The molecule has 27 heavy (non-hydrogen) atoms. The molecule has 9 heteroatoms. The predicted molar refractivity (Wildman–Crippen MR) is 90.3 cm³/mol. The summed E-state index contributed by atoms with van der Waals surface area (Å²) in [5, 5.41) is 15.4. The number of benzene rings is 1. The molecule has 1 aliphatic carbocycles. The van der Waals surface area contributed by atoms with Crippen molar-refractivity contribution in [2.45, 2.75) is 31.9 Å². The number of aliphatic carboxylic acids is 1. The van der Waals surface area contributed by atoms with Crippen LogP contribution in [0.25, 0.3) is 5.69 Å². The summed E-state index contributed by atoms with van der Waals surface area (Å²) in [7, 11) is 0. The first-order valence-corrected chi connectivity index (χ1v) is 8.51. The van der Waals surface area contributed by atoms with Crippen molar-refractivity contribution in [3.8, 4) is 5.69 Å². The number of alkyl halides is 3. The minimum absolute atomic E-state index is 0.207. The van der Waals surface area contributed by atoms with Gasteiger partial charge in [0.2, 0.25) is 5.91 Å². The largest absolute Gasteiger partial charge is 0.481 e. The molecule has 6 nitrogen and oxygen atoms in total. The molecule has 1 aliphatic rings. The molecule has 0 radical (unpaired) electrons. The first-order chi connectivity index (χ1) is 12.8. The zero-order chi connectivity index (χ0) is 19.6. The van der Waals surface area contributed by atoms with Crippen molar-refractivity contribution in [1.82, 2.24) is 9.78 Å². The van der Waals surface area contributed by atoms with Crippen LogP contribution in [0.3, 0.4) is 0 Å². The zero-order valence-electron chi connectivity index (χ0n) is 14.2. The Bertz CT molecular complexity index is 822. The molecule has 0 aliphatic heterocycles. The standard InChI is InChI=1S/C18H18F3N3O3/c19-18(20,21)15-9-10-22-24(15)14-7-5-13(6-8-14)23-16(25)11-1-3-12(4-2-11)17(26)27/h5-12H,1-4H2,(H,23,25)(H,26,27). The van der Waals surface area contributed by atoms with Gasteiger partial charge in [0.1, 0.15) is 5.69 Å². The second kappa shape index (κ2) is 7.42. The molecule has 1 amide bonds. The smallest absolute Gasteiger partial charge is 0.433 e. The van der Waals surface area contributed by atoms with Gasteiger partial charge in [0, 0.05) is 11.6 Å². The zero-order valence-corrected chi connectivity index (χ0v) is 14.2. The minimum atomic E-state index is -4.52. The highest BCUT2D eigenvalue weighted by molar-refractivity contribution is 5.92. The Balaban J connectivity index is 1.64. The van der Waals surface area contributed by atoms with Crippen molar-refractivity contribution >= 4 is 17.6 Å². The van der Waals surface area contributed by atoms with E-state index in [1.165, 1.54) is 24.3 Å². The van der Waals surface area contributed by atoms with Crippen LogP contribution in [-0.2, 0) is 15.8 Å². The van der Waals surface area contributed by atoms with Gasteiger partial charge in [0.25, 0.3) is 0 Å². The molecule has 1 fully saturated rings. The van der Waals surface area contributed by atoms with Gasteiger partial charge in [-0.1, -0.05) is 0 Å². The van der Waals surface area contributed by atoms with E-state index < -0.39 is 23.8 Å². The van der Waals surface area contributed by atoms with Gasteiger partial charge < -0.3 is 10.4 Å². The van der Waals surface area contributed by atoms with E-state index in [1.807, 2.05) is 0 Å². The maximum absolute atomic E-state index is 12.9. The van der Waals surface area contributed by atoms with Crippen LogP contribution in [0.2, 0.25) is 0 Å². The molecular weight excluding hydrogens is 363 g/mol. The number of halogens is 3. The summed E-state index contributed by atoms with van der Waals surface area (Å²) < 4.78 is 39.6. The van der Waals surface area contributed by atoms with Crippen LogP contribution in [0.15, 0.2) is 36.5 Å². The number of aromatic nitrogens is 2. The van der Waals surface area contributed by atoms with Gasteiger partial charge in [0.15, 0.2) is 0 Å². The third kappa shape index (κ3) is 4.29. The number of nitrogens with one attached hydrogen (secondary N) is 1. The van der Waals surface area contributed by atoms with Crippen molar-refractivity contribution in [1.29, 1.82) is 0 Å².